The highest BCUT2D eigenvalue weighted by Gasteiger charge is 2.35. The van der Waals surface area contributed by atoms with Crippen molar-refractivity contribution in [3.05, 3.63) is 70.7 Å². The standard InChI is InChI=1S/C21H26ClNO.C2H6/c1-17(18-7-9-20(22)10-8-18)15-23-13-11-21(16-24,12-14-23)19-5-3-2-4-6-19;1-2/h2-10,17,24H,11-16H2,1H3;1-2H3. The van der Waals surface area contributed by atoms with E-state index in [1.807, 2.05) is 32.0 Å². The molecule has 1 saturated heterocycles. The SMILES string of the molecule is CC.CC(CN1CCC(CO)(c2ccccc2)CC1)c1ccc(Cl)cc1. The summed E-state index contributed by atoms with van der Waals surface area (Å²) in [6.07, 6.45) is 2.03. The molecule has 0 radical (unpaired) electrons. The van der Waals surface area contributed by atoms with Gasteiger partial charge in [0, 0.05) is 17.0 Å². The maximum absolute atomic E-state index is 10.0. The molecule has 2 aromatic carbocycles. The van der Waals surface area contributed by atoms with Crippen LogP contribution in [-0.4, -0.2) is 36.2 Å². The molecule has 2 nitrogen and oxygen atoms in total. The Kier molecular flexibility index (Phi) is 8.15. The van der Waals surface area contributed by atoms with E-state index in [2.05, 4.69) is 48.2 Å². The van der Waals surface area contributed by atoms with Crippen molar-refractivity contribution in [3.8, 4) is 0 Å². The average molecular weight is 374 g/mol. The molecule has 1 aliphatic heterocycles. The average Bonchev–Trinajstić information content (AvgIpc) is 2.71. The summed E-state index contributed by atoms with van der Waals surface area (Å²) in [5, 5.41) is 10.8. The Balaban J connectivity index is 0.00000117. The highest BCUT2D eigenvalue weighted by molar-refractivity contribution is 6.30. The topological polar surface area (TPSA) is 23.5 Å². The molecule has 0 amide bonds. The smallest absolute Gasteiger partial charge is 0.0528 e. The van der Waals surface area contributed by atoms with Crippen molar-refractivity contribution in [1.82, 2.24) is 4.90 Å². The van der Waals surface area contributed by atoms with Gasteiger partial charge < -0.3 is 10.0 Å². The lowest BCUT2D eigenvalue weighted by atomic mass is 9.73. The molecular formula is C23H32ClNO. The van der Waals surface area contributed by atoms with Crippen molar-refractivity contribution in [2.45, 2.75) is 44.9 Å². The predicted molar refractivity (Wildman–Crippen MR) is 112 cm³/mol. The van der Waals surface area contributed by atoms with Gasteiger partial charge in [0.2, 0.25) is 0 Å². The lowest BCUT2D eigenvalue weighted by Crippen LogP contribution is -2.45. The quantitative estimate of drug-likeness (QED) is 0.748. The van der Waals surface area contributed by atoms with E-state index in [-0.39, 0.29) is 12.0 Å². The number of rotatable bonds is 5. The first kappa shape index (κ1) is 21.0. The Hall–Kier alpha value is -1.35. The zero-order chi connectivity index (χ0) is 19.0. The number of piperidine rings is 1. The molecule has 1 aliphatic rings. The van der Waals surface area contributed by atoms with E-state index >= 15 is 0 Å². The Morgan fingerprint density at radius 3 is 2.12 bits per heavy atom. The molecule has 0 bridgehead atoms. The van der Waals surface area contributed by atoms with Crippen LogP contribution in [0.15, 0.2) is 54.6 Å². The summed E-state index contributed by atoms with van der Waals surface area (Å²) in [7, 11) is 0. The molecule has 0 spiro atoms. The van der Waals surface area contributed by atoms with Crippen molar-refractivity contribution in [2.75, 3.05) is 26.2 Å². The number of hydrogen-bond acceptors (Lipinski definition) is 2. The van der Waals surface area contributed by atoms with Gasteiger partial charge in [-0.15, -0.1) is 0 Å². The molecule has 0 aliphatic carbocycles. The van der Waals surface area contributed by atoms with Crippen molar-refractivity contribution in [3.63, 3.8) is 0 Å². The molecule has 1 fully saturated rings. The van der Waals surface area contributed by atoms with Crippen LogP contribution in [0.25, 0.3) is 0 Å². The van der Waals surface area contributed by atoms with Crippen molar-refractivity contribution in [2.24, 2.45) is 0 Å². The summed E-state index contributed by atoms with van der Waals surface area (Å²) in [4.78, 5) is 2.52. The molecule has 3 heteroatoms. The molecule has 1 N–H and O–H groups in total. The third-order valence-electron chi connectivity index (χ3n) is 5.47. The molecule has 2 aromatic rings. The van der Waals surface area contributed by atoms with Crippen molar-refractivity contribution < 1.29 is 5.11 Å². The Morgan fingerprint density at radius 1 is 1.00 bits per heavy atom. The summed E-state index contributed by atoms with van der Waals surface area (Å²) >= 11 is 5.98. The highest BCUT2D eigenvalue weighted by Crippen LogP contribution is 2.35. The maximum Gasteiger partial charge on any atom is 0.0528 e. The van der Waals surface area contributed by atoms with Crippen LogP contribution in [0.1, 0.15) is 50.7 Å². The lowest BCUT2D eigenvalue weighted by Gasteiger charge is -2.42. The van der Waals surface area contributed by atoms with Gasteiger partial charge in [0.15, 0.2) is 0 Å². The first-order valence-corrected chi connectivity index (χ1v) is 10.1. The van der Waals surface area contributed by atoms with Crippen LogP contribution in [0.2, 0.25) is 5.02 Å². The van der Waals surface area contributed by atoms with Crippen LogP contribution in [0.4, 0.5) is 0 Å². The monoisotopic (exact) mass is 373 g/mol. The molecule has 1 atom stereocenters. The van der Waals surface area contributed by atoms with Gasteiger partial charge in [0.05, 0.1) is 6.61 Å². The summed E-state index contributed by atoms with van der Waals surface area (Å²) in [5.74, 6) is 0.487. The molecule has 142 valence electrons. The first-order chi connectivity index (χ1) is 12.6. The maximum atomic E-state index is 10.0. The largest absolute Gasteiger partial charge is 0.395 e. The third-order valence-corrected chi connectivity index (χ3v) is 5.73. The zero-order valence-electron chi connectivity index (χ0n) is 16.3. The fraction of sp³-hybridized carbons (Fsp3) is 0.478. The van der Waals surface area contributed by atoms with Gasteiger partial charge in [-0.3, -0.25) is 0 Å². The molecule has 3 rings (SSSR count). The Bertz CT molecular complexity index is 633. The van der Waals surface area contributed by atoms with E-state index < -0.39 is 0 Å². The van der Waals surface area contributed by atoms with Crippen LogP contribution < -0.4 is 0 Å². The second-order valence-corrected chi connectivity index (χ2v) is 7.49. The van der Waals surface area contributed by atoms with Gasteiger partial charge in [-0.1, -0.05) is 74.8 Å². The molecule has 0 aromatic heterocycles. The Labute approximate surface area is 163 Å². The summed E-state index contributed by atoms with van der Waals surface area (Å²) in [6.45, 7) is 9.63. The van der Waals surface area contributed by atoms with Crippen LogP contribution in [0, 0.1) is 0 Å². The third kappa shape index (κ3) is 5.09. The minimum Gasteiger partial charge on any atom is -0.395 e. The minimum atomic E-state index is -0.0682. The van der Waals surface area contributed by atoms with E-state index in [4.69, 9.17) is 11.6 Å². The number of nitrogens with zero attached hydrogens (tertiary/aromatic N) is 1. The fourth-order valence-corrected chi connectivity index (χ4v) is 3.90. The lowest BCUT2D eigenvalue weighted by molar-refractivity contribution is 0.0984. The molecule has 0 saturated carbocycles. The van der Waals surface area contributed by atoms with Crippen LogP contribution >= 0.6 is 11.6 Å². The van der Waals surface area contributed by atoms with Crippen LogP contribution in [0.5, 0.6) is 0 Å². The molecule has 1 unspecified atom stereocenters. The second-order valence-electron chi connectivity index (χ2n) is 7.06. The molecule has 1 heterocycles. The van der Waals surface area contributed by atoms with E-state index in [0.717, 1.165) is 37.5 Å². The van der Waals surface area contributed by atoms with Crippen LogP contribution in [0.3, 0.4) is 0 Å². The van der Waals surface area contributed by atoms with E-state index in [0.29, 0.717) is 5.92 Å². The van der Waals surface area contributed by atoms with Gasteiger partial charge >= 0.3 is 0 Å². The first-order valence-electron chi connectivity index (χ1n) is 9.77. The second kappa shape index (κ2) is 10.1. The normalized spacial score (nSPS) is 17.9. The van der Waals surface area contributed by atoms with E-state index in [1.165, 1.54) is 11.1 Å². The van der Waals surface area contributed by atoms with Gasteiger partial charge in [0.25, 0.3) is 0 Å². The minimum absolute atomic E-state index is 0.0682. The summed E-state index contributed by atoms with van der Waals surface area (Å²) < 4.78 is 0. The number of halogens is 1. The number of aliphatic hydroxyl groups is 1. The Morgan fingerprint density at radius 2 is 1.58 bits per heavy atom. The zero-order valence-corrected chi connectivity index (χ0v) is 17.0. The number of likely N-dealkylation sites (tertiary alicyclic amines) is 1. The molecule has 26 heavy (non-hydrogen) atoms. The summed E-state index contributed by atoms with van der Waals surface area (Å²) in [5.41, 5.74) is 2.54. The highest BCUT2D eigenvalue weighted by atomic mass is 35.5. The van der Waals surface area contributed by atoms with Gasteiger partial charge in [-0.05, 0) is 55.1 Å². The predicted octanol–water partition coefficient (Wildman–Crippen LogP) is 5.50. The van der Waals surface area contributed by atoms with E-state index in [9.17, 15) is 5.11 Å². The molecular weight excluding hydrogens is 342 g/mol. The van der Waals surface area contributed by atoms with E-state index in [1.54, 1.807) is 0 Å². The van der Waals surface area contributed by atoms with Gasteiger partial charge in [-0.25, -0.2) is 0 Å². The number of benzene rings is 2. The van der Waals surface area contributed by atoms with Gasteiger partial charge in [0.1, 0.15) is 0 Å². The van der Waals surface area contributed by atoms with Crippen molar-refractivity contribution in [1.29, 1.82) is 0 Å². The number of aliphatic hydroxyl groups excluding tert-OH is 1. The van der Waals surface area contributed by atoms with Crippen molar-refractivity contribution >= 4 is 11.6 Å². The summed E-state index contributed by atoms with van der Waals surface area (Å²) in [6, 6.07) is 18.7. The number of hydrogen-bond donors (Lipinski definition) is 1. The van der Waals surface area contributed by atoms with Gasteiger partial charge in [-0.2, -0.15) is 0 Å². The fourth-order valence-electron chi connectivity index (χ4n) is 3.78. The van der Waals surface area contributed by atoms with Crippen LogP contribution in [-0.2, 0) is 5.41 Å².